The summed E-state index contributed by atoms with van der Waals surface area (Å²) in [6.07, 6.45) is 0. The quantitative estimate of drug-likeness (QED) is 0.472. The van der Waals surface area contributed by atoms with Crippen LogP contribution in [0.25, 0.3) is 0 Å². The lowest BCUT2D eigenvalue weighted by Gasteiger charge is -2.21. The molecule has 7 heteroatoms. The molecule has 0 N–H and O–H groups in total. The van der Waals surface area contributed by atoms with E-state index < -0.39 is 22.2 Å². The fraction of sp³-hybridized carbons (Fsp3) is 0.455. The van der Waals surface area contributed by atoms with Crippen LogP contribution in [0.15, 0.2) is 12.1 Å². The third kappa shape index (κ3) is 3.63. The van der Waals surface area contributed by atoms with Crippen molar-refractivity contribution in [2.75, 3.05) is 11.9 Å². The molecule has 0 saturated carbocycles. The molecule has 0 unspecified atom stereocenters. The van der Waals surface area contributed by atoms with Crippen LogP contribution in [0.1, 0.15) is 13.8 Å². The second-order valence-electron chi connectivity index (χ2n) is 4.58. The van der Waals surface area contributed by atoms with Crippen molar-refractivity contribution in [3.8, 4) is 5.75 Å². The number of ether oxygens (including phenoxy) is 1. The summed E-state index contributed by atoms with van der Waals surface area (Å²) in [5.74, 6) is -2.39. The van der Waals surface area contributed by atoms with Crippen molar-refractivity contribution in [2.24, 2.45) is 5.41 Å². The van der Waals surface area contributed by atoms with Gasteiger partial charge in [-0.3, -0.25) is 10.1 Å². The summed E-state index contributed by atoms with van der Waals surface area (Å²) in [6.45, 7) is 3.91. The summed E-state index contributed by atoms with van der Waals surface area (Å²) in [5, 5.41) is 11.0. The summed E-state index contributed by atoms with van der Waals surface area (Å²) >= 11 is 3.27. The van der Waals surface area contributed by atoms with Crippen LogP contribution in [-0.4, -0.2) is 16.9 Å². The molecule has 0 aromatic heterocycles. The lowest BCUT2D eigenvalue weighted by Crippen LogP contribution is -2.23. The summed E-state index contributed by atoms with van der Waals surface area (Å²) < 4.78 is 31.9. The molecule has 18 heavy (non-hydrogen) atoms. The number of nitro groups is 1. The maximum Gasteiger partial charge on any atom is 0.307 e. The normalized spacial score (nSPS) is 11.4. The number of nitro benzene ring substituents is 1. The Kier molecular flexibility index (Phi) is 4.61. The standard InChI is InChI=1S/C11H12BrF2NO3/c1-11(2,5-12)6-18-10-4-7(13)9(15(16)17)3-8(10)14/h3-4H,5-6H2,1-2H3. The Morgan fingerprint density at radius 1 is 1.39 bits per heavy atom. The van der Waals surface area contributed by atoms with Gasteiger partial charge in [0.05, 0.1) is 17.6 Å². The Hall–Kier alpha value is -1.24. The van der Waals surface area contributed by atoms with Gasteiger partial charge in [0.15, 0.2) is 11.6 Å². The van der Waals surface area contributed by atoms with Crippen LogP contribution in [0, 0.1) is 27.2 Å². The first-order valence-corrected chi connectivity index (χ1v) is 6.21. The maximum atomic E-state index is 13.5. The number of halogens is 3. The first-order valence-electron chi connectivity index (χ1n) is 5.09. The van der Waals surface area contributed by atoms with Crippen LogP contribution in [0.3, 0.4) is 0 Å². The molecule has 4 nitrogen and oxygen atoms in total. The van der Waals surface area contributed by atoms with Gasteiger partial charge in [0.2, 0.25) is 5.82 Å². The molecule has 0 aliphatic carbocycles. The van der Waals surface area contributed by atoms with Gasteiger partial charge in [-0.2, -0.15) is 4.39 Å². The minimum atomic E-state index is -1.12. The first-order chi connectivity index (χ1) is 8.26. The lowest BCUT2D eigenvalue weighted by molar-refractivity contribution is -0.387. The highest BCUT2D eigenvalue weighted by Crippen LogP contribution is 2.28. The Bertz CT molecular complexity index is 466. The second kappa shape index (κ2) is 5.60. The van der Waals surface area contributed by atoms with E-state index >= 15 is 0 Å². The number of hydrogen-bond acceptors (Lipinski definition) is 3. The van der Waals surface area contributed by atoms with Crippen LogP contribution in [0.2, 0.25) is 0 Å². The van der Waals surface area contributed by atoms with Crippen molar-refractivity contribution < 1.29 is 18.4 Å². The van der Waals surface area contributed by atoms with Gasteiger partial charge in [-0.25, -0.2) is 4.39 Å². The summed E-state index contributed by atoms with van der Waals surface area (Å²) in [6, 6.07) is 1.21. The molecule has 0 spiro atoms. The second-order valence-corrected chi connectivity index (χ2v) is 5.14. The fourth-order valence-corrected chi connectivity index (χ4v) is 1.24. The van der Waals surface area contributed by atoms with E-state index in [1.807, 2.05) is 13.8 Å². The predicted molar refractivity (Wildman–Crippen MR) is 66.1 cm³/mol. The van der Waals surface area contributed by atoms with Gasteiger partial charge < -0.3 is 4.74 Å². The van der Waals surface area contributed by atoms with Crippen LogP contribution in [0.4, 0.5) is 14.5 Å². The van der Waals surface area contributed by atoms with Gasteiger partial charge in [0.1, 0.15) is 0 Å². The van der Waals surface area contributed by atoms with Gasteiger partial charge in [-0.15, -0.1) is 0 Å². The summed E-state index contributed by atoms with van der Waals surface area (Å²) in [7, 11) is 0. The molecule has 0 bridgehead atoms. The molecule has 1 aromatic carbocycles. The van der Waals surface area contributed by atoms with E-state index in [9.17, 15) is 18.9 Å². The molecule has 0 aliphatic heterocycles. The lowest BCUT2D eigenvalue weighted by atomic mass is 9.98. The maximum absolute atomic E-state index is 13.5. The predicted octanol–water partition coefficient (Wildman–Crippen LogP) is 3.67. The molecule has 0 saturated heterocycles. The third-order valence-electron chi connectivity index (χ3n) is 2.18. The van der Waals surface area contributed by atoms with E-state index in [1.54, 1.807) is 0 Å². The van der Waals surface area contributed by atoms with E-state index in [0.29, 0.717) is 17.5 Å². The highest BCUT2D eigenvalue weighted by Gasteiger charge is 2.22. The van der Waals surface area contributed by atoms with Crippen LogP contribution in [-0.2, 0) is 0 Å². The number of nitrogens with zero attached hydrogens (tertiary/aromatic N) is 1. The SMILES string of the molecule is CC(C)(CBr)COc1cc(F)c([N+](=O)[O-])cc1F. The van der Waals surface area contributed by atoms with Gasteiger partial charge >= 0.3 is 5.69 Å². The zero-order valence-corrected chi connectivity index (χ0v) is 11.5. The summed E-state index contributed by atoms with van der Waals surface area (Å²) in [5.41, 5.74) is -1.16. The Labute approximate surface area is 111 Å². The first kappa shape index (κ1) is 14.8. The van der Waals surface area contributed by atoms with Crippen molar-refractivity contribution in [2.45, 2.75) is 13.8 Å². The highest BCUT2D eigenvalue weighted by atomic mass is 79.9. The number of benzene rings is 1. The molecular formula is C11H12BrF2NO3. The molecule has 100 valence electrons. The molecule has 0 fully saturated rings. The van der Waals surface area contributed by atoms with Gasteiger partial charge in [-0.05, 0) is 0 Å². The van der Waals surface area contributed by atoms with Crippen molar-refractivity contribution >= 4 is 21.6 Å². The Balaban J connectivity index is 2.92. The smallest absolute Gasteiger partial charge is 0.307 e. The molecule has 1 aromatic rings. The monoisotopic (exact) mass is 323 g/mol. The van der Waals surface area contributed by atoms with Gasteiger partial charge in [0.25, 0.3) is 0 Å². The minimum Gasteiger partial charge on any atom is -0.490 e. The molecule has 0 atom stereocenters. The zero-order valence-electron chi connectivity index (χ0n) is 9.87. The third-order valence-corrected chi connectivity index (χ3v) is 3.70. The van der Waals surface area contributed by atoms with E-state index in [4.69, 9.17) is 4.74 Å². The molecule has 0 amide bonds. The average molecular weight is 324 g/mol. The topological polar surface area (TPSA) is 52.4 Å². The minimum absolute atomic E-state index is 0.159. The Morgan fingerprint density at radius 3 is 2.50 bits per heavy atom. The van der Waals surface area contributed by atoms with E-state index in [0.717, 1.165) is 0 Å². The van der Waals surface area contributed by atoms with Crippen molar-refractivity contribution in [1.82, 2.24) is 0 Å². The van der Waals surface area contributed by atoms with Gasteiger partial charge in [0, 0.05) is 16.8 Å². The van der Waals surface area contributed by atoms with Crippen LogP contribution in [0.5, 0.6) is 5.75 Å². The van der Waals surface area contributed by atoms with E-state index in [2.05, 4.69) is 15.9 Å². The Morgan fingerprint density at radius 2 is 2.00 bits per heavy atom. The molecule has 1 rings (SSSR count). The largest absolute Gasteiger partial charge is 0.490 e. The molecular weight excluding hydrogens is 312 g/mol. The summed E-state index contributed by atoms with van der Waals surface area (Å²) in [4.78, 5) is 9.42. The van der Waals surface area contributed by atoms with Crippen molar-refractivity contribution in [1.29, 1.82) is 0 Å². The number of alkyl halides is 1. The van der Waals surface area contributed by atoms with E-state index in [1.165, 1.54) is 0 Å². The van der Waals surface area contributed by atoms with Crippen molar-refractivity contribution in [3.05, 3.63) is 33.9 Å². The van der Waals surface area contributed by atoms with E-state index in [-0.39, 0.29) is 17.8 Å². The average Bonchev–Trinajstić information content (AvgIpc) is 2.29. The number of hydrogen-bond donors (Lipinski definition) is 0. The number of rotatable bonds is 5. The van der Waals surface area contributed by atoms with Gasteiger partial charge in [-0.1, -0.05) is 29.8 Å². The van der Waals surface area contributed by atoms with Crippen molar-refractivity contribution in [3.63, 3.8) is 0 Å². The van der Waals surface area contributed by atoms with Crippen LogP contribution < -0.4 is 4.74 Å². The zero-order chi connectivity index (χ0) is 13.9. The molecule has 0 heterocycles. The fourth-order valence-electron chi connectivity index (χ4n) is 1.08. The molecule has 0 radical (unpaired) electrons. The van der Waals surface area contributed by atoms with Crippen LogP contribution >= 0.6 is 15.9 Å². The highest BCUT2D eigenvalue weighted by molar-refractivity contribution is 9.09. The molecule has 0 aliphatic rings.